The summed E-state index contributed by atoms with van der Waals surface area (Å²) >= 11 is 0. The fourth-order valence-electron chi connectivity index (χ4n) is 2.45. The van der Waals surface area contributed by atoms with Gasteiger partial charge in [0.25, 0.3) is 0 Å². The first-order valence-electron chi connectivity index (χ1n) is 5.70. The Morgan fingerprint density at radius 2 is 2.07 bits per heavy atom. The van der Waals surface area contributed by atoms with Crippen LogP contribution in [0.3, 0.4) is 0 Å². The molecule has 2 rings (SSSR count). The molecule has 0 N–H and O–H groups in total. The van der Waals surface area contributed by atoms with Crippen LogP contribution in [0, 0.1) is 0 Å². The molecule has 0 amide bonds. The van der Waals surface area contributed by atoms with Crippen LogP contribution in [0.2, 0.25) is 5.54 Å². The summed E-state index contributed by atoms with van der Waals surface area (Å²) in [6, 6.07) is 0. The Hall–Kier alpha value is -0.743. The van der Waals surface area contributed by atoms with E-state index >= 15 is 0 Å². The minimum Gasteiger partial charge on any atom is -0.417 e. The zero-order valence-electron chi connectivity index (χ0n) is 9.22. The van der Waals surface area contributed by atoms with Gasteiger partial charge in [0.2, 0.25) is 9.04 Å². The molecule has 15 heavy (non-hydrogen) atoms. The molecule has 0 radical (unpaired) electrons. The van der Waals surface area contributed by atoms with Gasteiger partial charge in [-0.15, -0.1) is 0 Å². The predicted molar refractivity (Wildman–Crippen MR) is 62.7 cm³/mol. The van der Waals surface area contributed by atoms with Crippen LogP contribution in [0.15, 0.2) is 18.6 Å². The van der Waals surface area contributed by atoms with Gasteiger partial charge in [0.1, 0.15) is 0 Å². The lowest BCUT2D eigenvalue weighted by atomic mass is 10.0. The highest BCUT2D eigenvalue weighted by Gasteiger charge is 2.28. The number of aromatic nitrogens is 2. The van der Waals surface area contributed by atoms with Crippen LogP contribution in [-0.4, -0.2) is 26.1 Å². The molecule has 3 nitrogen and oxygen atoms in total. The molecule has 1 saturated carbocycles. The van der Waals surface area contributed by atoms with Crippen molar-refractivity contribution in [2.75, 3.05) is 7.11 Å². The van der Waals surface area contributed by atoms with Crippen molar-refractivity contribution in [2.45, 2.75) is 37.6 Å². The van der Waals surface area contributed by atoms with Crippen molar-refractivity contribution in [3.05, 3.63) is 18.6 Å². The van der Waals surface area contributed by atoms with Crippen molar-refractivity contribution in [3.63, 3.8) is 0 Å². The van der Waals surface area contributed by atoms with Gasteiger partial charge in [0.05, 0.1) is 5.32 Å². The number of nitrogens with zero attached hydrogens (tertiary/aromatic N) is 2. The topological polar surface area (TPSA) is 35.0 Å². The van der Waals surface area contributed by atoms with Gasteiger partial charge in [-0.2, -0.15) is 0 Å². The van der Waals surface area contributed by atoms with Crippen LogP contribution in [0.4, 0.5) is 0 Å². The molecule has 1 fully saturated rings. The zero-order chi connectivity index (χ0) is 10.5. The van der Waals surface area contributed by atoms with E-state index < -0.39 is 9.04 Å². The average molecular weight is 222 g/mol. The highest BCUT2D eigenvalue weighted by atomic mass is 28.3. The fraction of sp³-hybridized carbons (Fsp3) is 0.636. The van der Waals surface area contributed by atoms with Gasteiger partial charge in [-0.25, -0.2) is 0 Å². The van der Waals surface area contributed by atoms with Gasteiger partial charge in [-0.1, -0.05) is 32.1 Å². The van der Waals surface area contributed by atoms with Crippen molar-refractivity contribution < 1.29 is 4.43 Å². The second-order valence-electron chi connectivity index (χ2n) is 4.18. The maximum atomic E-state index is 5.71. The van der Waals surface area contributed by atoms with Gasteiger partial charge < -0.3 is 4.43 Å². The van der Waals surface area contributed by atoms with Gasteiger partial charge in [0.15, 0.2) is 0 Å². The maximum Gasteiger partial charge on any atom is 0.232 e. The van der Waals surface area contributed by atoms with Crippen LogP contribution in [0.5, 0.6) is 0 Å². The highest BCUT2D eigenvalue weighted by Crippen LogP contribution is 2.30. The highest BCUT2D eigenvalue weighted by molar-refractivity contribution is 6.67. The van der Waals surface area contributed by atoms with Crippen molar-refractivity contribution in [1.29, 1.82) is 0 Å². The molecule has 1 aromatic rings. The molecule has 1 aliphatic carbocycles. The first-order chi connectivity index (χ1) is 7.42. The maximum absolute atomic E-state index is 5.71. The lowest BCUT2D eigenvalue weighted by molar-refractivity contribution is 0.388. The molecule has 1 aliphatic rings. The average Bonchev–Trinajstić information content (AvgIpc) is 2.33. The molecule has 0 aromatic carbocycles. The van der Waals surface area contributed by atoms with Gasteiger partial charge in [-0.05, 0) is 5.54 Å². The fourth-order valence-corrected chi connectivity index (χ4v) is 5.10. The first-order valence-corrected chi connectivity index (χ1v) is 7.42. The largest absolute Gasteiger partial charge is 0.417 e. The zero-order valence-corrected chi connectivity index (χ0v) is 10.4. The second kappa shape index (κ2) is 5.37. The summed E-state index contributed by atoms with van der Waals surface area (Å²) in [5.41, 5.74) is 0.764. The van der Waals surface area contributed by atoms with Gasteiger partial charge in [-0.3, -0.25) is 9.97 Å². The van der Waals surface area contributed by atoms with E-state index in [1.165, 1.54) is 32.1 Å². The Labute approximate surface area is 92.6 Å². The SMILES string of the molecule is CO[SiH](c1cnccn1)C1CCCCC1. The summed E-state index contributed by atoms with van der Waals surface area (Å²) in [6.07, 6.45) is 12.1. The molecule has 0 spiro atoms. The third-order valence-electron chi connectivity index (χ3n) is 3.21. The van der Waals surface area contributed by atoms with E-state index in [0.29, 0.717) is 0 Å². The Bertz CT molecular complexity index is 288. The van der Waals surface area contributed by atoms with Crippen molar-refractivity contribution in [2.24, 2.45) is 0 Å². The predicted octanol–water partition coefficient (Wildman–Crippen LogP) is 1.39. The minimum absolute atomic E-state index is 0.764. The standard InChI is InChI=1S/C11H18N2OSi/c1-14-15(10-5-3-2-4-6-10)11-9-12-7-8-13-11/h7-10,15H,2-6H2,1H3. The second-order valence-corrected chi connectivity index (χ2v) is 7.03. The Morgan fingerprint density at radius 1 is 1.27 bits per heavy atom. The molecule has 4 heteroatoms. The van der Waals surface area contributed by atoms with E-state index in [1.807, 2.05) is 13.3 Å². The van der Waals surface area contributed by atoms with E-state index in [9.17, 15) is 0 Å². The van der Waals surface area contributed by atoms with Crippen LogP contribution in [0.1, 0.15) is 32.1 Å². The molecule has 1 aromatic heterocycles. The van der Waals surface area contributed by atoms with E-state index in [-0.39, 0.29) is 0 Å². The van der Waals surface area contributed by atoms with Crippen molar-refractivity contribution in [3.8, 4) is 0 Å². The summed E-state index contributed by atoms with van der Waals surface area (Å²) < 4.78 is 5.71. The summed E-state index contributed by atoms with van der Waals surface area (Å²) in [6.45, 7) is 0. The number of hydrogen-bond acceptors (Lipinski definition) is 3. The van der Waals surface area contributed by atoms with E-state index in [0.717, 1.165) is 10.9 Å². The van der Waals surface area contributed by atoms with Crippen LogP contribution in [0.25, 0.3) is 0 Å². The normalized spacial score (nSPS) is 20.1. The third kappa shape index (κ3) is 2.63. The minimum atomic E-state index is -1.33. The third-order valence-corrected chi connectivity index (χ3v) is 6.12. The lowest BCUT2D eigenvalue weighted by Gasteiger charge is -2.26. The molecule has 1 unspecified atom stereocenters. The monoisotopic (exact) mass is 222 g/mol. The van der Waals surface area contributed by atoms with Gasteiger partial charge in [0, 0.05) is 25.7 Å². The molecule has 1 atom stereocenters. The van der Waals surface area contributed by atoms with Crippen LogP contribution < -0.4 is 5.32 Å². The summed E-state index contributed by atoms with van der Waals surface area (Å²) in [4.78, 5) is 8.54. The smallest absolute Gasteiger partial charge is 0.232 e. The molecule has 0 saturated heterocycles. The van der Waals surface area contributed by atoms with Crippen molar-refractivity contribution >= 4 is 14.4 Å². The first kappa shape index (κ1) is 10.8. The Kier molecular flexibility index (Phi) is 3.85. The quantitative estimate of drug-likeness (QED) is 0.725. The van der Waals surface area contributed by atoms with Gasteiger partial charge >= 0.3 is 0 Å². The molecule has 82 valence electrons. The van der Waals surface area contributed by atoms with E-state index in [4.69, 9.17) is 4.43 Å². The molecule has 0 bridgehead atoms. The molecular formula is C11H18N2OSi. The number of rotatable bonds is 3. The summed E-state index contributed by atoms with van der Waals surface area (Å²) in [7, 11) is 0.507. The van der Waals surface area contributed by atoms with Crippen LogP contribution in [-0.2, 0) is 4.43 Å². The Morgan fingerprint density at radius 3 is 2.67 bits per heavy atom. The summed E-state index contributed by atoms with van der Waals surface area (Å²) in [5, 5.41) is 1.12. The number of hydrogen-bond donors (Lipinski definition) is 0. The van der Waals surface area contributed by atoms with Crippen molar-refractivity contribution in [1.82, 2.24) is 9.97 Å². The van der Waals surface area contributed by atoms with Crippen LogP contribution >= 0.6 is 0 Å². The molecule has 0 aliphatic heterocycles. The Balaban J connectivity index is 2.09. The lowest BCUT2D eigenvalue weighted by Crippen LogP contribution is -2.40. The van der Waals surface area contributed by atoms with E-state index in [2.05, 4.69) is 9.97 Å². The van der Waals surface area contributed by atoms with E-state index in [1.54, 1.807) is 12.4 Å². The summed E-state index contributed by atoms with van der Waals surface area (Å²) in [5.74, 6) is 0. The molecular weight excluding hydrogens is 204 g/mol. The molecule has 1 heterocycles.